The van der Waals surface area contributed by atoms with E-state index in [9.17, 15) is 4.79 Å². The predicted molar refractivity (Wildman–Crippen MR) is 145 cm³/mol. The molecule has 1 saturated heterocycles. The molecule has 1 aromatic carbocycles. The van der Waals surface area contributed by atoms with Crippen molar-refractivity contribution < 1.29 is 18.7 Å². The summed E-state index contributed by atoms with van der Waals surface area (Å²) in [6.45, 7) is 11.6. The molecule has 9 nitrogen and oxygen atoms in total. The number of amides is 1. The lowest BCUT2D eigenvalue weighted by Crippen LogP contribution is -2.44. The van der Waals surface area contributed by atoms with Crippen molar-refractivity contribution in [3.05, 3.63) is 48.5 Å². The number of thioether (sulfide) groups is 1. The predicted octanol–water partition coefficient (Wildman–Crippen LogP) is 5.09. The number of benzene rings is 1. The third kappa shape index (κ3) is 5.81. The topological polar surface area (TPSA) is 100 Å². The van der Waals surface area contributed by atoms with Gasteiger partial charge in [0, 0.05) is 12.0 Å². The van der Waals surface area contributed by atoms with Gasteiger partial charge < -0.3 is 19.2 Å². The number of carbonyl (C=O) groups is 1. The van der Waals surface area contributed by atoms with Crippen LogP contribution in [0.2, 0.25) is 18.1 Å². The Hall–Kier alpha value is -2.31. The van der Waals surface area contributed by atoms with E-state index >= 15 is 0 Å². The van der Waals surface area contributed by atoms with Crippen molar-refractivity contribution in [2.75, 3.05) is 24.1 Å². The molecule has 1 N–H and O–H groups in total. The van der Waals surface area contributed by atoms with Crippen molar-refractivity contribution in [2.45, 2.75) is 63.8 Å². The van der Waals surface area contributed by atoms with Crippen LogP contribution in [-0.4, -0.2) is 64.8 Å². The first kappa shape index (κ1) is 26.7. The molecular formula is C25H35N5O4SSi. The van der Waals surface area contributed by atoms with Crippen molar-refractivity contribution >= 4 is 43.0 Å². The largest absolute Gasteiger partial charge is 0.414 e. The Labute approximate surface area is 217 Å². The number of anilines is 1. The molecule has 0 aliphatic carbocycles. The van der Waals surface area contributed by atoms with Crippen molar-refractivity contribution in [1.82, 2.24) is 19.5 Å². The van der Waals surface area contributed by atoms with Crippen LogP contribution < -0.4 is 5.32 Å². The number of hydrogen-bond donors (Lipinski definition) is 1. The van der Waals surface area contributed by atoms with Gasteiger partial charge in [-0.3, -0.25) is 9.36 Å². The molecule has 3 heterocycles. The second-order valence-corrected chi connectivity index (χ2v) is 16.0. The Balaban J connectivity index is 1.53. The Morgan fingerprint density at radius 2 is 1.97 bits per heavy atom. The molecule has 0 unspecified atom stereocenters. The summed E-state index contributed by atoms with van der Waals surface area (Å²) in [7, 11) is -1.94. The molecule has 11 heteroatoms. The zero-order chi connectivity index (χ0) is 25.9. The minimum absolute atomic E-state index is 0.108. The van der Waals surface area contributed by atoms with Crippen LogP contribution in [0.4, 0.5) is 5.82 Å². The third-order valence-corrected chi connectivity index (χ3v) is 11.8. The second kappa shape index (κ2) is 11.0. The van der Waals surface area contributed by atoms with Crippen LogP contribution in [0.25, 0.3) is 11.2 Å². The van der Waals surface area contributed by atoms with Crippen LogP contribution in [0.3, 0.4) is 0 Å². The van der Waals surface area contributed by atoms with Crippen LogP contribution in [-0.2, 0) is 13.9 Å². The molecule has 36 heavy (non-hydrogen) atoms. The average Bonchev–Trinajstić information content (AvgIpc) is 3.46. The number of nitrogens with zero attached hydrogens (tertiary/aromatic N) is 4. The first-order valence-corrected chi connectivity index (χ1v) is 16.3. The van der Waals surface area contributed by atoms with Gasteiger partial charge in [-0.15, -0.1) is 11.8 Å². The highest BCUT2D eigenvalue weighted by Gasteiger charge is 2.42. The summed E-state index contributed by atoms with van der Waals surface area (Å²) in [5, 5.41) is 2.96. The highest BCUT2D eigenvalue weighted by atomic mass is 32.2. The molecule has 0 spiro atoms. The van der Waals surface area contributed by atoms with E-state index in [1.165, 1.54) is 6.33 Å². The summed E-state index contributed by atoms with van der Waals surface area (Å²) in [6, 6.07) is 9.00. The number of nitrogens with one attached hydrogen (secondary N) is 1. The van der Waals surface area contributed by atoms with Gasteiger partial charge in [-0.25, -0.2) is 15.0 Å². The summed E-state index contributed by atoms with van der Waals surface area (Å²) in [5.41, 5.74) is 1.64. The lowest BCUT2D eigenvalue weighted by atomic mass is 10.2. The molecule has 4 rings (SSSR count). The molecule has 3 aromatic rings. The first-order chi connectivity index (χ1) is 17.1. The molecule has 0 saturated carbocycles. The SMILES string of the molecule is CSCO[C@@H]1C[C@H](n2cnc3c(NC(=O)c4ccccc4)ncnc32)O[C@H]1CO[Si](C)(C)C(C)(C)C. The molecule has 194 valence electrons. The van der Waals surface area contributed by atoms with E-state index < -0.39 is 8.32 Å². The summed E-state index contributed by atoms with van der Waals surface area (Å²) in [6.07, 6.45) is 5.15. The minimum Gasteiger partial charge on any atom is -0.414 e. The lowest BCUT2D eigenvalue weighted by Gasteiger charge is -2.37. The zero-order valence-corrected chi connectivity index (χ0v) is 23.5. The van der Waals surface area contributed by atoms with E-state index in [1.54, 1.807) is 30.2 Å². The minimum atomic E-state index is -1.94. The van der Waals surface area contributed by atoms with Gasteiger partial charge in [0.25, 0.3) is 5.91 Å². The Morgan fingerprint density at radius 3 is 2.67 bits per heavy atom. The van der Waals surface area contributed by atoms with Gasteiger partial charge in [0.15, 0.2) is 25.3 Å². The van der Waals surface area contributed by atoms with Gasteiger partial charge >= 0.3 is 0 Å². The molecule has 3 atom stereocenters. The molecule has 1 aliphatic heterocycles. The maximum absolute atomic E-state index is 12.7. The van der Waals surface area contributed by atoms with Gasteiger partial charge in [-0.05, 0) is 36.5 Å². The van der Waals surface area contributed by atoms with Gasteiger partial charge in [0.05, 0.1) is 25.0 Å². The molecule has 0 radical (unpaired) electrons. The third-order valence-electron chi connectivity index (χ3n) is 6.93. The fourth-order valence-corrected chi connectivity index (χ4v) is 5.11. The number of fused-ring (bicyclic) bond motifs is 1. The van der Waals surface area contributed by atoms with Crippen LogP contribution in [0.5, 0.6) is 0 Å². The molecule has 1 fully saturated rings. The maximum Gasteiger partial charge on any atom is 0.256 e. The number of hydrogen-bond acceptors (Lipinski definition) is 8. The van der Waals surface area contributed by atoms with Gasteiger partial charge in [-0.1, -0.05) is 39.0 Å². The zero-order valence-electron chi connectivity index (χ0n) is 21.7. The molecule has 1 amide bonds. The smallest absolute Gasteiger partial charge is 0.256 e. The summed E-state index contributed by atoms with van der Waals surface area (Å²) in [4.78, 5) is 25.9. The number of carbonyl (C=O) groups excluding carboxylic acids is 1. The van der Waals surface area contributed by atoms with Gasteiger partial charge in [0.2, 0.25) is 0 Å². The van der Waals surface area contributed by atoms with E-state index in [0.717, 1.165) is 0 Å². The van der Waals surface area contributed by atoms with Crippen LogP contribution in [0, 0.1) is 0 Å². The van der Waals surface area contributed by atoms with Crippen LogP contribution >= 0.6 is 11.8 Å². The Morgan fingerprint density at radius 1 is 1.22 bits per heavy atom. The first-order valence-electron chi connectivity index (χ1n) is 12.0. The normalized spacial score (nSPS) is 20.7. The highest BCUT2D eigenvalue weighted by Crippen LogP contribution is 2.39. The van der Waals surface area contributed by atoms with Crippen molar-refractivity contribution in [1.29, 1.82) is 0 Å². The summed E-state index contributed by atoms with van der Waals surface area (Å²) < 4.78 is 21.0. The van der Waals surface area contributed by atoms with Crippen molar-refractivity contribution in [2.24, 2.45) is 0 Å². The number of ether oxygens (including phenoxy) is 2. The monoisotopic (exact) mass is 529 g/mol. The standard InChI is InChI=1S/C25H35N5O4SSi/c1-25(2,3)36(5,6)33-13-19-18(32-16-35-4)12-20(34-19)30-15-28-21-22(26-14-27-23(21)30)29-24(31)17-10-8-7-9-11-17/h7-11,14-15,18-20H,12-13,16H2,1-6H3,(H,26,27,29,31)/t18-,19+,20-/m1/s1. The van der Waals surface area contributed by atoms with Crippen LogP contribution in [0.1, 0.15) is 43.8 Å². The number of rotatable bonds is 9. The fourth-order valence-electron chi connectivity index (χ4n) is 3.78. The molecule has 2 aromatic heterocycles. The Kier molecular flexibility index (Phi) is 8.15. The lowest BCUT2D eigenvalue weighted by molar-refractivity contribution is -0.0507. The van der Waals surface area contributed by atoms with E-state index in [4.69, 9.17) is 13.9 Å². The fraction of sp³-hybridized carbons (Fsp3) is 0.520. The average molecular weight is 530 g/mol. The van der Waals surface area contributed by atoms with E-state index in [1.807, 2.05) is 29.0 Å². The van der Waals surface area contributed by atoms with E-state index in [0.29, 0.717) is 41.5 Å². The van der Waals surface area contributed by atoms with Gasteiger partial charge in [0.1, 0.15) is 18.7 Å². The number of aromatic nitrogens is 4. The second-order valence-electron chi connectivity index (χ2n) is 10.4. The maximum atomic E-state index is 12.7. The quantitative estimate of drug-likeness (QED) is 0.302. The van der Waals surface area contributed by atoms with Crippen LogP contribution in [0.15, 0.2) is 43.0 Å². The van der Waals surface area contributed by atoms with E-state index in [2.05, 4.69) is 54.1 Å². The van der Waals surface area contributed by atoms with Crippen molar-refractivity contribution in [3.8, 4) is 0 Å². The van der Waals surface area contributed by atoms with Crippen molar-refractivity contribution in [3.63, 3.8) is 0 Å². The van der Waals surface area contributed by atoms with Gasteiger partial charge in [-0.2, -0.15) is 0 Å². The Bertz CT molecular complexity index is 1180. The highest BCUT2D eigenvalue weighted by molar-refractivity contribution is 7.98. The molecule has 1 aliphatic rings. The molecule has 0 bridgehead atoms. The summed E-state index contributed by atoms with van der Waals surface area (Å²) in [5.74, 6) is 0.689. The summed E-state index contributed by atoms with van der Waals surface area (Å²) >= 11 is 1.64. The van der Waals surface area contributed by atoms with E-state index in [-0.39, 0.29) is 29.4 Å². The molecular weight excluding hydrogens is 494 g/mol. The number of imidazole rings is 1.